The second-order valence-electron chi connectivity index (χ2n) is 5.53. The molecular weight excluding hydrogens is 363 g/mol. The lowest BCUT2D eigenvalue weighted by Gasteiger charge is -2.07. The van der Waals surface area contributed by atoms with Gasteiger partial charge in [-0.05, 0) is 43.2 Å². The van der Waals surface area contributed by atoms with Crippen LogP contribution in [0.1, 0.15) is 21.6 Å². The molecule has 3 aromatic rings. The molecule has 0 spiro atoms. The summed E-state index contributed by atoms with van der Waals surface area (Å²) in [4.78, 5) is 12.4. The van der Waals surface area contributed by atoms with Gasteiger partial charge in [-0.15, -0.1) is 5.10 Å². The number of anilines is 1. The van der Waals surface area contributed by atoms with E-state index in [9.17, 15) is 9.90 Å². The molecule has 0 fully saturated rings. The smallest absolute Gasteiger partial charge is 0.277 e. The van der Waals surface area contributed by atoms with E-state index in [2.05, 4.69) is 15.6 Å². The van der Waals surface area contributed by atoms with E-state index in [0.717, 1.165) is 5.56 Å². The van der Waals surface area contributed by atoms with Crippen molar-refractivity contribution >= 4 is 34.8 Å². The number of benzene rings is 2. The number of aromatic nitrogens is 3. The van der Waals surface area contributed by atoms with Gasteiger partial charge in [-0.3, -0.25) is 4.79 Å². The Balaban J connectivity index is 1.87. The van der Waals surface area contributed by atoms with Crippen LogP contribution in [0.25, 0.3) is 5.69 Å². The molecule has 0 aliphatic heterocycles. The molecule has 0 radical (unpaired) electrons. The summed E-state index contributed by atoms with van der Waals surface area (Å²) >= 11 is 12.1. The maximum absolute atomic E-state index is 12.4. The highest BCUT2D eigenvalue weighted by Gasteiger charge is 2.16. The number of phenolic OH excluding ortho intramolecular Hbond substituents is 1. The first-order valence-corrected chi connectivity index (χ1v) is 8.10. The van der Waals surface area contributed by atoms with E-state index in [1.54, 1.807) is 31.2 Å². The summed E-state index contributed by atoms with van der Waals surface area (Å²) in [5, 5.41) is 21.1. The van der Waals surface area contributed by atoms with Crippen LogP contribution < -0.4 is 5.32 Å². The first-order chi connectivity index (χ1) is 11.9. The van der Waals surface area contributed by atoms with Crippen molar-refractivity contribution in [1.82, 2.24) is 15.0 Å². The van der Waals surface area contributed by atoms with Crippen LogP contribution in [-0.2, 0) is 0 Å². The molecule has 0 atom stereocenters. The van der Waals surface area contributed by atoms with Crippen molar-refractivity contribution in [2.24, 2.45) is 0 Å². The number of halogens is 2. The molecule has 0 unspecified atom stereocenters. The molecule has 6 nitrogen and oxygen atoms in total. The van der Waals surface area contributed by atoms with Crippen molar-refractivity contribution in [1.29, 1.82) is 0 Å². The highest BCUT2D eigenvalue weighted by molar-refractivity contribution is 6.34. The van der Waals surface area contributed by atoms with Crippen LogP contribution in [0.5, 0.6) is 5.75 Å². The van der Waals surface area contributed by atoms with Crippen LogP contribution in [-0.4, -0.2) is 26.0 Å². The van der Waals surface area contributed by atoms with Crippen molar-refractivity contribution in [3.05, 3.63) is 63.4 Å². The van der Waals surface area contributed by atoms with Crippen molar-refractivity contribution in [2.45, 2.75) is 13.8 Å². The molecule has 0 aliphatic rings. The van der Waals surface area contributed by atoms with E-state index in [1.165, 1.54) is 10.9 Å². The second kappa shape index (κ2) is 6.74. The summed E-state index contributed by atoms with van der Waals surface area (Å²) in [6.07, 6.45) is 1.44. The normalized spacial score (nSPS) is 10.7. The zero-order valence-corrected chi connectivity index (χ0v) is 14.9. The van der Waals surface area contributed by atoms with E-state index in [0.29, 0.717) is 22.0 Å². The fraction of sp³-hybridized carbons (Fsp3) is 0.118. The standard InChI is InChI=1S/C17H14Cl2N4O2/c1-9-3-5-11(18)7-12(9)20-17(25)13-8-23(22-21-13)14-6-4-10(2)16(24)15(14)19/h3-8,24H,1-2H3,(H,20,25). The van der Waals surface area contributed by atoms with Crippen molar-refractivity contribution < 1.29 is 9.90 Å². The third kappa shape index (κ3) is 3.45. The number of carbonyl (C=O) groups is 1. The van der Waals surface area contributed by atoms with Crippen molar-refractivity contribution in [3.63, 3.8) is 0 Å². The number of carbonyl (C=O) groups excluding carboxylic acids is 1. The van der Waals surface area contributed by atoms with Gasteiger partial charge in [-0.1, -0.05) is 40.5 Å². The number of nitrogens with one attached hydrogen (secondary N) is 1. The minimum Gasteiger partial charge on any atom is -0.506 e. The molecule has 1 heterocycles. The highest BCUT2D eigenvalue weighted by Crippen LogP contribution is 2.32. The Labute approximate surface area is 154 Å². The van der Waals surface area contributed by atoms with Crippen molar-refractivity contribution in [3.8, 4) is 11.4 Å². The Morgan fingerprint density at radius 2 is 1.88 bits per heavy atom. The molecule has 0 aliphatic carbocycles. The molecule has 2 aromatic carbocycles. The highest BCUT2D eigenvalue weighted by atomic mass is 35.5. The SMILES string of the molecule is Cc1ccc(Cl)cc1NC(=O)c1cn(-c2ccc(C)c(O)c2Cl)nn1. The average molecular weight is 377 g/mol. The second-order valence-corrected chi connectivity index (χ2v) is 6.34. The van der Waals surface area contributed by atoms with Gasteiger partial charge in [0.05, 0.1) is 11.9 Å². The molecule has 1 amide bonds. The summed E-state index contributed by atoms with van der Waals surface area (Å²) < 4.78 is 1.33. The number of aryl methyl sites for hydroxylation is 2. The Bertz CT molecular complexity index is 969. The fourth-order valence-electron chi connectivity index (χ4n) is 2.23. The monoisotopic (exact) mass is 376 g/mol. The lowest BCUT2D eigenvalue weighted by atomic mass is 10.2. The van der Waals surface area contributed by atoms with Gasteiger partial charge in [0.25, 0.3) is 5.91 Å². The van der Waals surface area contributed by atoms with Gasteiger partial charge in [-0.25, -0.2) is 4.68 Å². The van der Waals surface area contributed by atoms with Gasteiger partial charge in [0.1, 0.15) is 10.8 Å². The minimum atomic E-state index is -0.427. The molecule has 0 bridgehead atoms. The Morgan fingerprint density at radius 3 is 2.64 bits per heavy atom. The summed E-state index contributed by atoms with van der Waals surface area (Å²) in [6.45, 7) is 3.59. The lowest BCUT2D eigenvalue weighted by Crippen LogP contribution is -2.13. The van der Waals surface area contributed by atoms with Gasteiger partial charge in [0.15, 0.2) is 5.69 Å². The summed E-state index contributed by atoms with van der Waals surface area (Å²) in [5.41, 5.74) is 2.64. The predicted molar refractivity (Wildman–Crippen MR) is 96.9 cm³/mol. The van der Waals surface area contributed by atoms with Gasteiger partial charge in [0.2, 0.25) is 0 Å². The molecule has 25 heavy (non-hydrogen) atoms. The van der Waals surface area contributed by atoms with Crippen LogP contribution in [0.3, 0.4) is 0 Å². The van der Waals surface area contributed by atoms with Gasteiger partial charge in [0, 0.05) is 10.7 Å². The average Bonchev–Trinajstić information content (AvgIpc) is 3.06. The lowest BCUT2D eigenvalue weighted by molar-refractivity contribution is 0.102. The third-order valence-corrected chi connectivity index (χ3v) is 4.33. The number of aromatic hydroxyl groups is 1. The van der Waals surface area contributed by atoms with Crippen LogP contribution in [0.15, 0.2) is 36.5 Å². The maximum Gasteiger partial charge on any atom is 0.277 e. The number of hydrogen-bond acceptors (Lipinski definition) is 4. The number of rotatable bonds is 3. The number of phenols is 1. The molecule has 0 saturated heterocycles. The summed E-state index contributed by atoms with van der Waals surface area (Å²) in [6, 6.07) is 8.61. The van der Waals surface area contributed by atoms with E-state index in [-0.39, 0.29) is 16.5 Å². The van der Waals surface area contributed by atoms with E-state index < -0.39 is 5.91 Å². The molecule has 0 saturated carbocycles. The Hall–Kier alpha value is -2.57. The van der Waals surface area contributed by atoms with Crippen LogP contribution >= 0.6 is 23.2 Å². The Kier molecular flexibility index (Phi) is 4.65. The van der Waals surface area contributed by atoms with E-state index in [4.69, 9.17) is 23.2 Å². The number of nitrogens with zero attached hydrogens (tertiary/aromatic N) is 3. The zero-order chi connectivity index (χ0) is 18.1. The Morgan fingerprint density at radius 1 is 1.16 bits per heavy atom. The number of hydrogen-bond donors (Lipinski definition) is 2. The molecular formula is C17H14Cl2N4O2. The zero-order valence-electron chi connectivity index (χ0n) is 13.4. The van der Waals surface area contributed by atoms with Crippen LogP contribution in [0.2, 0.25) is 10.0 Å². The van der Waals surface area contributed by atoms with Gasteiger partial charge < -0.3 is 10.4 Å². The quantitative estimate of drug-likeness (QED) is 0.719. The number of amides is 1. The third-order valence-electron chi connectivity index (χ3n) is 3.72. The van der Waals surface area contributed by atoms with Crippen molar-refractivity contribution in [2.75, 3.05) is 5.32 Å². The minimum absolute atomic E-state index is 0.0322. The van der Waals surface area contributed by atoms with Gasteiger partial charge >= 0.3 is 0 Å². The fourth-order valence-corrected chi connectivity index (χ4v) is 2.70. The molecule has 1 aromatic heterocycles. The first kappa shape index (κ1) is 17.3. The summed E-state index contributed by atoms with van der Waals surface area (Å²) in [7, 11) is 0. The molecule has 2 N–H and O–H groups in total. The van der Waals surface area contributed by atoms with E-state index >= 15 is 0 Å². The molecule has 3 rings (SSSR count). The topological polar surface area (TPSA) is 80.0 Å². The van der Waals surface area contributed by atoms with Crippen LogP contribution in [0.4, 0.5) is 5.69 Å². The molecule has 128 valence electrons. The maximum atomic E-state index is 12.4. The van der Waals surface area contributed by atoms with Gasteiger partial charge in [-0.2, -0.15) is 0 Å². The largest absolute Gasteiger partial charge is 0.506 e. The van der Waals surface area contributed by atoms with E-state index in [1.807, 2.05) is 13.0 Å². The van der Waals surface area contributed by atoms with Crippen LogP contribution in [0, 0.1) is 13.8 Å². The first-order valence-electron chi connectivity index (χ1n) is 7.35. The summed E-state index contributed by atoms with van der Waals surface area (Å²) in [5.74, 6) is -0.459. The molecule has 8 heteroatoms. The predicted octanol–water partition coefficient (Wildman–Crippen LogP) is 4.15.